The molecule has 0 aromatic carbocycles. The van der Waals surface area contributed by atoms with E-state index in [1.54, 1.807) is 0 Å². The lowest BCUT2D eigenvalue weighted by Gasteiger charge is -2.07. The molecule has 0 aromatic heterocycles. The van der Waals surface area contributed by atoms with Crippen LogP contribution in [0.4, 0.5) is 0 Å². The Morgan fingerprint density at radius 1 is 1.50 bits per heavy atom. The van der Waals surface area contributed by atoms with Crippen LogP contribution in [0.2, 0.25) is 0 Å². The van der Waals surface area contributed by atoms with E-state index in [9.17, 15) is 0 Å². The van der Waals surface area contributed by atoms with Gasteiger partial charge in [-0.05, 0) is 43.3 Å². The molecule has 0 heterocycles. The second kappa shape index (κ2) is 3.07. The lowest BCUT2D eigenvalue weighted by atomic mass is 9.97. The van der Waals surface area contributed by atoms with Crippen molar-refractivity contribution >= 4 is 0 Å². The molecular weight excluding hydrogens is 120 g/mol. The van der Waals surface area contributed by atoms with Gasteiger partial charge in [-0.1, -0.05) is 13.8 Å². The second-order valence-electron chi connectivity index (χ2n) is 3.07. The van der Waals surface area contributed by atoms with Crippen LogP contribution in [0.15, 0.2) is 16.9 Å². The van der Waals surface area contributed by atoms with Gasteiger partial charge in [-0.15, -0.1) is 5.73 Å². The maximum absolute atomic E-state index is 3.44. The molecule has 10 heavy (non-hydrogen) atoms. The van der Waals surface area contributed by atoms with E-state index in [4.69, 9.17) is 0 Å². The van der Waals surface area contributed by atoms with E-state index < -0.39 is 0 Å². The molecule has 1 unspecified atom stereocenters. The average molecular weight is 136 g/mol. The van der Waals surface area contributed by atoms with Gasteiger partial charge in [0.2, 0.25) is 0 Å². The molecule has 0 radical (unpaired) electrons. The Morgan fingerprint density at radius 2 is 2.20 bits per heavy atom. The molecule has 0 nitrogen and oxygen atoms in total. The van der Waals surface area contributed by atoms with Crippen molar-refractivity contribution < 1.29 is 0 Å². The highest BCUT2D eigenvalue weighted by molar-refractivity contribution is 5.19. The van der Waals surface area contributed by atoms with Crippen molar-refractivity contribution in [2.45, 2.75) is 40.0 Å². The molecule has 0 amide bonds. The van der Waals surface area contributed by atoms with Gasteiger partial charge >= 0.3 is 0 Å². The maximum atomic E-state index is 3.44. The molecule has 56 valence electrons. The van der Waals surface area contributed by atoms with Crippen molar-refractivity contribution in [1.82, 2.24) is 0 Å². The van der Waals surface area contributed by atoms with Crippen LogP contribution in [0.25, 0.3) is 0 Å². The minimum absolute atomic E-state index is 0.815. The number of hydrogen-bond donors (Lipinski definition) is 0. The average Bonchev–Trinajstić information content (AvgIpc) is 2.30. The summed E-state index contributed by atoms with van der Waals surface area (Å²) < 4.78 is 0. The molecular formula is C10H16. The van der Waals surface area contributed by atoms with E-state index in [0.717, 1.165) is 5.92 Å². The molecule has 1 aliphatic rings. The third kappa shape index (κ3) is 1.33. The highest BCUT2D eigenvalue weighted by atomic mass is 14.2. The molecule has 1 rings (SSSR count). The largest absolute Gasteiger partial charge is 0.123 e. The van der Waals surface area contributed by atoms with Crippen molar-refractivity contribution in [3.05, 3.63) is 16.9 Å². The summed E-state index contributed by atoms with van der Waals surface area (Å²) in [6, 6.07) is 0. The van der Waals surface area contributed by atoms with Gasteiger partial charge in [0.15, 0.2) is 0 Å². The van der Waals surface area contributed by atoms with Gasteiger partial charge in [0.05, 0.1) is 0 Å². The highest BCUT2D eigenvalue weighted by Gasteiger charge is 2.14. The zero-order chi connectivity index (χ0) is 7.56. The van der Waals surface area contributed by atoms with E-state index in [0.29, 0.717) is 0 Å². The fourth-order valence-electron chi connectivity index (χ4n) is 1.57. The molecule has 0 aromatic rings. The van der Waals surface area contributed by atoms with Gasteiger partial charge in [0, 0.05) is 0 Å². The summed E-state index contributed by atoms with van der Waals surface area (Å²) in [5, 5.41) is 0. The lowest BCUT2D eigenvalue weighted by molar-refractivity contribution is 0.599. The van der Waals surface area contributed by atoms with Crippen LogP contribution in [-0.2, 0) is 0 Å². The standard InChI is InChI=1S/C10H16/c1-4-9-6-8(3)10(5-2)7-9/h10H,4-5,7H2,1-3H3. The molecule has 0 saturated carbocycles. The first kappa shape index (κ1) is 7.63. The topological polar surface area (TPSA) is 0 Å². The Balaban J connectivity index is 2.65. The van der Waals surface area contributed by atoms with Crippen molar-refractivity contribution in [3.8, 4) is 0 Å². The first-order chi connectivity index (χ1) is 4.77. The molecule has 1 atom stereocenters. The van der Waals surface area contributed by atoms with Crippen LogP contribution in [0.3, 0.4) is 0 Å². The van der Waals surface area contributed by atoms with E-state index >= 15 is 0 Å². The van der Waals surface area contributed by atoms with Crippen molar-refractivity contribution in [3.63, 3.8) is 0 Å². The summed E-state index contributed by atoms with van der Waals surface area (Å²) in [4.78, 5) is 0. The summed E-state index contributed by atoms with van der Waals surface area (Å²) in [6.07, 6.45) is 3.75. The molecule has 0 saturated heterocycles. The van der Waals surface area contributed by atoms with E-state index in [-0.39, 0.29) is 0 Å². The van der Waals surface area contributed by atoms with E-state index in [2.05, 4.69) is 26.5 Å². The van der Waals surface area contributed by atoms with Gasteiger partial charge in [0.25, 0.3) is 0 Å². The Hall–Kier alpha value is -0.480. The van der Waals surface area contributed by atoms with Gasteiger partial charge in [0.1, 0.15) is 0 Å². The molecule has 0 bridgehead atoms. The smallest absolute Gasteiger partial charge is 0.00892 e. The summed E-state index contributed by atoms with van der Waals surface area (Å²) in [6.45, 7) is 6.68. The zero-order valence-electron chi connectivity index (χ0n) is 7.20. The van der Waals surface area contributed by atoms with Crippen LogP contribution < -0.4 is 0 Å². The fourth-order valence-corrected chi connectivity index (χ4v) is 1.57. The quantitative estimate of drug-likeness (QED) is 0.511. The van der Waals surface area contributed by atoms with Crippen LogP contribution >= 0.6 is 0 Å². The summed E-state index contributed by atoms with van der Waals surface area (Å²) in [5.41, 5.74) is 6.43. The first-order valence-corrected chi connectivity index (χ1v) is 4.23. The molecule has 0 aliphatic heterocycles. The highest BCUT2D eigenvalue weighted by Crippen LogP contribution is 2.29. The van der Waals surface area contributed by atoms with Crippen molar-refractivity contribution in [2.24, 2.45) is 5.92 Å². The molecule has 1 aliphatic carbocycles. The summed E-state index contributed by atoms with van der Waals surface area (Å²) in [5.74, 6) is 0.815. The van der Waals surface area contributed by atoms with Crippen LogP contribution in [-0.4, -0.2) is 0 Å². The summed E-state index contributed by atoms with van der Waals surface area (Å²) in [7, 11) is 0. The second-order valence-corrected chi connectivity index (χ2v) is 3.07. The van der Waals surface area contributed by atoms with Crippen LogP contribution in [0.5, 0.6) is 0 Å². The SMILES string of the molecule is CCC1=C=C(C)C(CC)C1. The fraction of sp³-hybridized carbons (Fsp3) is 0.700. The third-order valence-corrected chi connectivity index (χ3v) is 2.40. The minimum Gasteiger partial charge on any atom is -0.123 e. The Labute approximate surface area is 63.6 Å². The normalized spacial score (nSPS) is 24.5. The summed E-state index contributed by atoms with van der Waals surface area (Å²) >= 11 is 0. The Kier molecular flexibility index (Phi) is 2.34. The molecule has 0 heteroatoms. The molecule has 0 fully saturated rings. The predicted octanol–water partition coefficient (Wildman–Crippen LogP) is 3.30. The number of rotatable bonds is 2. The molecule has 0 N–H and O–H groups in total. The van der Waals surface area contributed by atoms with Gasteiger partial charge < -0.3 is 0 Å². The zero-order valence-corrected chi connectivity index (χ0v) is 7.20. The van der Waals surface area contributed by atoms with Gasteiger partial charge in [-0.2, -0.15) is 0 Å². The van der Waals surface area contributed by atoms with Crippen molar-refractivity contribution in [2.75, 3.05) is 0 Å². The predicted molar refractivity (Wildman–Crippen MR) is 44.9 cm³/mol. The van der Waals surface area contributed by atoms with E-state index in [1.807, 2.05) is 0 Å². The first-order valence-electron chi connectivity index (χ1n) is 4.23. The minimum atomic E-state index is 0.815. The Morgan fingerprint density at radius 3 is 2.50 bits per heavy atom. The lowest BCUT2D eigenvalue weighted by Crippen LogP contribution is -1.95. The monoisotopic (exact) mass is 136 g/mol. The van der Waals surface area contributed by atoms with E-state index in [1.165, 1.54) is 30.4 Å². The number of hydrogen-bond acceptors (Lipinski definition) is 0. The third-order valence-electron chi connectivity index (χ3n) is 2.40. The van der Waals surface area contributed by atoms with Crippen molar-refractivity contribution in [1.29, 1.82) is 0 Å². The Bertz CT molecular complexity index is 180. The molecule has 0 spiro atoms. The number of allylic oxidation sites excluding steroid dienone is 1. The van der Waals surface area contributed by atoms with Crippen LogP contribution in [0, 0.1) is 5.92 Å². The van der Waals surface area contributed by atoms with Crippen LogP contribution in [0.1, 0.15) is 40.0 Å². The van der Waals surface area contributed by atoms with Gasteiger partial charge in [-0.25, -0.2) is 0 Å². The van der Waals surface area contributed by atoms with Gasteiger partial charge in [-0.3, -0.25) is 0 Å². The maximum Gasteiger partial charge on any atom is -0.00892 e.